The molecule has 0 aromatic heterocycles. The fraction of sp³-hybridized carbons (Fsp3) is 0.238. The molecule has 0 fully saturated rings. The van der Waals surface area contributed by atoms with E-state index < -0.39 is 22.5 Å². The molecule has 32 heavy (non-hydrogen) atoms. The van der Waals surface area contributed by atoms with E-state index in [0.717, 1.165) is 10.6 Å². The molecule has 0 spiro atoms. The van der Waals surface area contributed by atoms with Gasteiger partial charge in [-0.2, -0.15) is 5.10 Å². The molecule has 0 radical (unpaired) electrons. The van der Waals surface area contributed by atoms with Crippen molar-refractivity contribution < 1.29 is 22.7 Å². The van der Waals surface area contributed by atoms with Crippen LogP contribution >= 0.6 is 23.2 Å². The van der Waals surface area contributed by atoms with Gasteiger partial charge in [0.1, 0.15) is 13.2 Å². The molecule has 2 rings (SSSR count). The Hall–Kier alpha value is -2.75. The molecule has 0 heterocycles. The third kappa shape index (κ3) is 7.74. The summed E-state index contributed by atoms with van der Waals surface area (Å²) in [6.45, 7) is 5.72. The summed E-state index contributed by atoms with van der Waals surface area (Å²) in [7, 11) is -3.78. The number of hydrazone groups is 1. The van der Waals surface area contributed by atoms with Crippen LogP contribution in [0, 0.1) is 0 Å². The molecule has 172 valence electrons. The second-order valence-electron chi connectivity index (χ2n) is 6.43. The fourth-order valence-corrected chi connectivity index (χ4v) is 3.92. The highest BCUT2D eigenvalue weighted by Gasteiger charge is 2.21. The molecule has 2 aromatic rings. The normalized spacial score (nSPS) is 11.2. The van der Waals surface area contributed by atoms with Crippen LogP contribution in [-0.4, -0.2) is 46.6 Å². The summed E-state index contributed by atoms with van der Waals surface area (Å²) < 4.78 is 36.3. The summed E-state index contributed by atoms with van der Waals surface area (Å²) >= 11 is 11.9. The van der Waals surface area contributed by atoms with Crippen LogP contribution < -0.4 is 19.2 Å². The zero-order valence-electron chi connectivity index (χ0n) is 17.5. The highest BCUT2D eigenvalue weighted by molar-refractivity contribution is 7.92. The lowest BCUT2D eigenvalue weighted by Crippen LogP contribution is -2.39. The Bertz CT molecular complexity index is 1090. The maximum absolute atomic E-state index is 12.3. The number of benzene rings is 2. The third-order valence-electron chi connectivity index (χ3n) is 3.85. The van der Waals surface area contributed by atoms with Crippen molar-refractivity contribution in [1.82, 2.24) is 5.43 Å². The van der Waals surface area contributed by atoms with Gasteiger partial charge in [-0.15, -0.1) is 0 Å². The Kier molecular flexibility index (Phi) is 9.37. The van der Waals surface area contributed by atoms with Crippen LogP contribution in [0.4, 0.5) is 5.69 Å². The largest absolute Gasteiger partial charge is 0.490 e. The van der Waals surface area contributed by atoms with Gasteiger partial charge in [0.25, 0.3) is 5.91 Å². The van der Waals surface area contributed by atoms with Gasteiger partial charge < -0.3 is 9.47 Å². The minimum Gasteiger partial charge on any atom is -0.490 e. The van der Waals surface area contributed by atoms with E-state index in [4.69, 9.17) is 32.7 Å². The highest BCUT2D eigenvalue weighted by Crippen LogP contribution is 2.28. The lowest BCUT2D eigenvalue weighted by molar-refractivity contribution is -0.119. The summed E-state index contributed by atoms with van der Waals surface area (Å²) in [5, 5.41) is 4.37. The Morgan fingerprint density at radius 1 is 1.16 bits per heavy atom. The number of nitrogens with zero attached hydrogens (tertiary/aromatic N) is 2. The Morgan fingerprint density at radius 2 is 1.84 bits per heavy atom. The number of nitrogens with one attached hydrogen (secondary N) is 1. The number of hydrogen-bond acceptors (Lipinski definition) is 6. The first-order valence-corrected chi connectivity index (χ1v) is 12.0. The van der Waals surface area contributed by atoms with Gasteiger partial charge in [0.15, 0.2) is 11.5 Å². The molecule has 0 saturated carbocycles. The standard InChI is InChI=1S/C21H23Cl2N3O5S/c1-4-8-31-19-7-6-15(9-20(19)30-5-2)13-24-25-21(27)14-26(32(3,28)29)18-11-16(22)10-17(23)12-18/h4,6-7,9-13H,1,5,8,14H2,2-3H3,(H,25,27)/b24-13-. The first kappa shape index (κ1) is 25.5. The second kappa shape index (κ2) is 11.8. The lowest BCUT2D eigenvalue weighted by Gasteiger charge is -2.21. The molecule has 11 heteroatoms. The topological polar surface area (TPSA) is 97.3 Å². The smallest absolute Gasteiger partial charge is 0.260 e. The number of hydrogen-bond donors (Lipinski definition) is 1. The molecule has 1 amide bonds. The van der Waals surface area contributed by atoms with E-state index >= 15 is 0 Å². The number of halogens is 2. The molecule has 0 aliphatic heterocycles. The number of rotatable bonds is 11. The van der Waals surface area contributed by atoms with Gasteiger partial charge >= 0.3 is 0 Å². The SMILES string of the molecule is C=CCOc1ccc(/C=N\NC(=O)CN(c2cc(Cl)cc(Cl)c2)S(C)(=O)=O)cc1OCC. The van der Waals surface area contributed by atoms with E-state index in [0.29, 0.717) is 30.3 Å². The third-order valence-corrected chi connectivity index (χ3v) is 5.43. The summed E-state index contributed by atoms with van der Waals surface area (Å²) in [6.07, 6.45) is 4.00. The summed E-state index contributed by atoms with van der Waals surface area (Å²) in [5.41, 5.74) is 3.11. The highest BCUT2D eigenvalue weighted by atomic mass is 35.5. The zero-order chi connectivity index (χ0) is 23.7. The molecular weight excluding hydrogens is 477 g/mol. The van der Waals surface area contributed by atoms with E-state index in [1.807, 2.05) is 6.92 Å². The summed E-state index contributed by atoms with van der Waals surface area (Å²) in [5.74, 6) is 0.418. The predicted octanol–water partition coefficient (Wildman–Crippen LogP) is 3.87. The number of amides is 1. The number of anilines is 1. The number of carbonyl (C=O) groups is 1. The zero-order valence-corrected chi connectivity index (χ0v) is 19.9. The molecule has 0 aliphatic carbocycles. The maximum Gasteiger partial charge on any atom is 0.260 e. The Morgan fingerprint density at radius 3 is 2.44 bits per heavy atom. The van der Waals surface area contributed by atoms with E-state index in [2.05, 4.69) is 17.1 Å². The van der Waals surface area contributed by atoms with Crippen molar-refractivity contribution in [3.8, 4) is 11.5 Å². The lowest BCUT2D eigenvalue weighted by atomic mass is 10.2. The first-order chi connectivity index (χ1) is 15.1. The minimum absolute atomic E-state index is 0.167. The molecular formula is C21H23Cl2N3O5S. The second-order valence-corrected chi connectivity index (χ2v) is 9.21. The van der Waals surface area contributed by atoms with Crippen LogP contribution in [0.2, 0.25) is 10.0 Å². The van der Waals surface area contributed by atoms with Crippen molar-refractivity contribution >= 4 is 51.0 Å². The number of carbonyl (C=O) groups excluding carboxylic acids is 1. The van der Waals surface area contributed by atoms with E-state index in [9.17, 15) is 13.2 Å². The van der Waals surface area contributed by atoms with Gasteiger partial charge in [-0.05, 0) is 48.9 Å². The van der Waals surface area contributed by atoms with Crippen molar-refractivity contribution in [2.24, 2.45) is 5.10 Å². The monoisotopic (exact) mass is 499 g/mol. The molecule has 1 N–H and O–H groups in total. The molecule has 2 aromatic carbocycles. The Labute approximate surface area is 197 Å². The summed E-state index contributed by atoms with van der Waals surface area (Å²) in [6, 6.07) is 9.40. The van der Waals surface area contributed by atoms with Crippen molar-refractivity contribution in [3.63, 3.8) is 0 Å². The number of sulfonamides is 1. The van der Waals surface area contributed by atoms with Gasteiger partial charge in [-0.1, -0.05) is 35.9 Å². The van der Waals surface area contributed by atoms with Crippen LogP contribution in [0.1, 0.15) is 12.5 Å². The quantitative estimate of drug-likeness (QED) is 0.287. The van der Waals surface area contributed by atoms with Gasteiger partial charge in [0.2, 0.25) is 10.0 Å². The first-order valence-electron chi connectivity index (χ1n) is 9.40. The fourth-order valence-electron chi connectivity index (χ4n) is 2.57. The van der Waals surface area contributed by atoms with Crippen LogP contribution in [0.15, 0.2) is 54.2 Å². The molecule has 0 unspecified atom stereocenters. The van der Waals surface area contributed by atoms with E-state index in [-0.39, 0.29) is 15.7 Å². The molecule has 0 bridgehead atoms. The van der Waals surface area contributed by atoms with Gasteiger partial charge in [0, 0.05) is 10.0 Å². The maximum atomic E-state index is 12.3. The molecule has 0 saturated heterocycles. The molecule has 0 atom stereocenters. The molecule has 8 nitrogen and oxygen atoms in total. The average Bonchev–Trinajstić information content (AvgIpc) is 2.70. The number of ether oxygens (including phenoxy) is 2. The van der Waals surface area contributed by atoms with Crippen molar-refractivity contribution in [2.75, 3.05) is 30.3 Å². The average molecular weight is 500 g/mol. The van der Waals surface area contributed by atoms with Gasteiger partial charge in [-0.3, -0.25) is 9.10 Å². The minimum atomic E-state index is -3.78. The predicted molar refractivity (Wildman–Crippen MR) is 128 cm³/mol. The van der Waals surface area contributed by atoms with Crippen molar-refractivity contribution in [3.05, 3.63) is 64.7 Å². The van der Waals surface area contributed by atoms with Crippen molar-refractivity contribution in [1.29, 1.82) is 0 Å². The van der Waals surface area contributed by atoms with E-state index in [1.54, 1.807) is 24.3 Å². The summed E-state index contributed by atoms with van der Waals surface area (Å²) in [4.78, 5) is 12.3. The Balaban J connectivity index is 2.11. The van der Waals surface area contributed by atoms with Crippen LogP contribution in [0.25, 0.3) is 0 Å². The van der Waals surface area contributed by atoms with Crippen molar-refractivity contribution in [2.45, 2.75) is 6.92 Å². The van der Waals surface area contributed by atoms with Crippen LogP contribution in [-0.2, 0) is 14.8 Å². The van der Waals surface area contributed by atoms with Crippen LogP contribution in [0.3, 0.4) is 0 Å². The van der Waals surface area contributed by atoms with Gasteiger partial charge in [0.05, 0.1) is 24.8 Å². The van der Waals surface area contributed by atoms with Crippen LogP contribution in [0.5, 0.6) is 11.5 Å². The molecule has 0 aliphatic rings. The van der Waals surface area contributed by atoms with E-state index in [1.165, 1.54) is 24.4 Å². The van der Waals surface area contributed by atoms with Gasteiger partial charge in [-0.25, -0.2) is 13.8 Å².